The van der Waals surface area contributed by atoms with Crippen molar-refractivity contribution in [3.8, 4) is 6.07 Å². The first-order valence-electron chi connectivity index (χ1n) is 6.27. The molecular formula is C13H15N5O2S. The lowest BCUT2D eigenvalue weighted by molar-refractivity contribution is 0.0607. The normalized spacial score (nSPS) is 10.1. The van der Waals surface area contributed by atoms with Gasteiger partial charge in [0.25, 0.3) is 0 Å². The number of methoxy groups -OCH3 is 1. The van der Waals surface area contributed by atoms with E-state index in [1.165, 1.54) is 7.11 Å². The second-order valence-corrected chi connectivity index (χ2v) is 5.25. The maximum Gasteiger partial charge on any atom is 0.350 e. The fourth-order valence-corrected chi connectivity index (χ4v) is 2.82. The molecular weight excluding hydrogens is 290 g/mol. The van der Waals surface area contributed by atoms with Crippen molar-refractivity contribution in [1.82, 2.24) is 9.55 Å². The van der Waals surface area contributed by atoms with Gasteiger partial charge in [0.2, 0.25) is 0 Å². The molecule has 2 aromatic rings. The van der Waals surface area contributed by atoms with E-state index in [1.54, 1.807) is 12.5 Å². The quantitative estimate of drug-likeness (QED) is 0.621. The van der Waals surface area contributed by atoms with Crippen LogP contribution < -0.4 is 11.1 Å². The largest absolute Gasteiger partial charge is 0.465 e. The van der Waals surface area contributed by atoms with Crippen molar-refractivity contribution in [2.45, 2.75) is 13.0 Å². The van der Waals surface area contributed by atoms with Gasteiger partial charge in [-0.05, 0) is 6.42 Å². The second kappa shape index (κ2) is 6.76. The third kappa shape index (κ3) is 3.32. The van der Waals surface area contributed by atoms with Gasteiger partial charge in [0.15, 0.2) is 0 Å². The molecule has 0 aliphatic rings. The zero-order valence-corrected chi connectivity index (χ0v) is 12.3. The number of esters is 1. The molecule has 2 aromatic heterocycles. The minimum absolute atomic E-state index is 0.173. The number of nitrogen functional groups attached to an aromatic ring is 1. The van der Waals surface area contributed by atoms with Crippen LogP contribution in [-0.4, -0.2) is 29.2 Å². The van der Waals surface area contributed by atoms with Crippen LogP contribution in [0, 0.1) is 11.3 Å². The number of thiophene rings is 1. The SMILES string of the molecule is COC(=O)c1sc(NCCCn2ccnc2)c(C#N)c1N. The lowest BCUT2D eigenvalue weighted by atomic mass is 10.2. The van der Waals surface area contributed by atoms with Crippen molar-refractivity contribution in [3.63, 3.8) is 0 Å². The molecule has 21 heavy (non-hydrogen) atoms. The van der Waals surface area contributed by atoms with E-state index in [1.807, 2.05) is 16.8 Å². The summed E-state index contributed by atoms with van der Waals surface area (Å²) in [6.07, 6.45) is 6.22. The molecule has 0 saturated heterocycles. The molecule has 0 atom stereocenters. The molecule has 2 rings (SSSR count). The highest BCUT2D eigenvalue weighted by Crippen LogP contribution is 2.35. The maximum atomic E-state index is 11.6. The fraction of sp³-hybridized carbons (Fsp3) is 0.308. The van der Waals surface area contributed by atoms with Crippen LogP contribution in [0.3, 0.4) is 0 Å². The Bertz CT molecular complexity index is 657. The van der Waals surface area contributed by atoms with E-state index < -0.39 is 5.97 Å². The number of nitrogens with two attached hydrogens (primary N) is 1. The molecule has 3 N–H and O–H groups in total. The lowest BCUT2D eigenvalue weighted by Gasteiger charge is -2.05. The third-order valence-electron chi connectivity index (χ3n) is 2.87. The smallest absolute Gasteiger partial charge is 0.350 e. The molecule has 0 spiro atoms. The topological polar surface area (TPSA) is 106 Å². The number of rotatable bonds is 6. The van der Waals surface area contributed by atoms with Gasteiger partial charge in [0.05, 0.1) is 19.1 Å². The summed E-state index contributed by atoms with van der Waals surface area (Å²) in [5.74, 6) is -0.527. The summed E-state index contributed by atoms with van der Waals surface area (Å²) in [6, 6.07) is 2.02. The van der Waals surface area contributed by atoms with Crippen LogP contribution in [0.25, 0.3) is 0 Å². The van der Waals surface area contributed by atoms with Crippen molar-refractivity contribution < 1.29 is 9.53 Å². The van der Waals surface area contributed by atoms with E-state index in [0.717, 1.165) is 24.3 Å². The predicted octanol–water partition coefficient (Wildman–Crippen LogP) is 1.69. The zero-order chi connectivity index (χ0) is 15.2. The van der Waals surface area contributed by atoms with Crippen LogP contribution in [0.4, 0.5) is 10.7 Å². The molecule has 0 bridgehead atoms. The Morgan fingerprint density at radius 3 is 3.10 bits per heavy atom. The average molecular weight is 305 g/mol. The third-order valence-corrected chi connectivity index (χ3v) is 4.01. The van der Waals surface area contributed by atoms with E-state index >= 15 is 0 Å². The maximum absolute atomic E-state index is 11.6. The van der Waals surface area contributed by atoms with Crippen LogP contribution in [0.5, 0.6) is 0 Å². The first kappa shape index (κ1) is 14.9. The molecule has 0 aliphatic carbocycles. The minimum Gasteiger partial charge on any atom is -0.465 e. The van der Waals surface area contributed by atoms with Gasteiger partial charge in [-0.3, -0.25) is 0 Å². The Kier molecular flexibility index (Phi) is 4.79. The number of nitriles is 1. The summed E-state index contributed by atoms with van der Waals surface area (Å²) in [7, 11) is 1.28. The molecule has 0 aliphatic heterocycles. The van der Waals surface area contributed by atoms with Crippen LogP contribution in [0.2, 0.25) is 0 Å². The van der Waals surface area contributed by atoms with Crippen molar-refractivity contribution in [2.75, 3.05) is 24.7 Å². The Labute approximate surface area is 126 Å². The number of carbonyl (C=O) groups excluding carboxylic acids is 1. The summed E-state index contributed by atoms with van der Waals surface area (Å²) in [5.41, 5.74) is 6.27. The van der Waals surface area contributed by atoms with Crippen LogP contribution in [0.1, 0.15) is 21.7 Å². The Morgan fingerprint density at radius 2 is 2.48 bits per heavy atom. The van der Waals surface area contributed by atoms with E-state index in [0.29, 0.717) is 17.1 Å². The van der Waals surface area contributed by atoms with E-state index in [4.69, 9.17) is 11.0 Å². The lowest BCUT2D eigenvalue weighted by Crippen LogP contribution is -2.05. The van der Waals surface area contributed by atoms with Crippen molar-refractivity contribution in [3.05, 3.63) is 29.2 Å². The molecule has 0 radical (unpaired) electrons. The molecule has 2 heterocycles. The summed E-state index contributed by atoms with van der Waals surface area (Å²) < 4.78 is 6.62. The standard InChI is InChI=1S/C13H15N5O2S/c1-20-13(19)11-10(15)9(7-14)12(21-11)17-3-2-5-18-6-4-16-8-18/h4,6,8,17H,2-3,5,15H2,1H3. The van der Waals surface area contributed by atoms with E-state index in [-0.39, 0.29) is 10.6 Å². The first-order valence-corrected chi connectivity index (χ1v) is 7.09. The van der Waals surface area contributed by atoms with Crippen LogP contribution >= 0.6 is 11.3 Å². The van der Waals surface area contributed by atoms with Gasteiger partial charge in [-0.1, -0.05) is 0 Å². The summed E-state index contributed by atoms with van der Waals surface area (Å²) in [6.45, 7) is 1.48. The second-order valence-electron chi connectivity index (χ2n) is 4.23. The highest BCUT2D eigenvalue weighted by Gasteiger charge is 2.21. The van der Waals surface area contributed by atoms with Crippen LogP contribution in [0.15, 0.2) is 18.7 Å². The summed E-state index contributed by atoms with van der Waals surface area (Å²) >= 11 is 1.14. The highest BCUT2D eigenvalue weighted by molar-refractivity contribution is 7.18. The van der Waals surface area contributed by atoms with E-state index in [2.05, 4.69) is 15.0 Å². The Hall–Kier alpha value is -2.53. The monoisotopic (exact) mass is 305 g/mol. The van der Waals surface area contributed by atoms with Gasteiger partial charge >= 0.3 is 5.97 Å². The van der Waals surface area contributed by atoms with Gasteiger partial charge < -0.3 is 20.4 Å². The summed E-state index contributed by atoms with van der Waals surface area (Å²) in [4.78, 5) is 15.8. The number of nitrogens with zero attached hydrogens (tertiary/aromatic N) is 3. The van der Waals surface area contributed by atoms with Gasteiger partial charge in [-0.15, -0.1) is 11.3 Å². The number of hydrogen-bond acceptors (Lipinski definition) is 7. The van der Waals surface area contributed by atoms with Gasteiger partial charge in [0, 0.05) is 25.5 Å². The zero-order valence-electron chi connectivity index (χ0n) is 11.5. The van der Waals surface area contributed by atoms with E-state index in [9.17, 15) is 4.79 Å². The Balaban J connectivity index is 1.99. The molecule has 0 fully saturated rings. The average Bonchev–Trinajstić information content (AvgIpc) is 3.10. The number of carbonyl (C=O) groups is 1. The predicted molar refractivity (Wildman–Crippen MR) is 80.1 cm³/mol. The molecule has 0 amide bonds. The fourth-order valence-electron chi connectivity index (χ4n) is 1.81. The number of imidazole rings is 1. The van der Waals surface area contributed by atoms with Gasteiger partial charge in [0.1, 0.15) is 21.5 Å². The number of aryl methyl sites for hydroxylation is 1. The molecule has 0 saturated carbocycles. The molecule has 8 heteroatoms. The van der Waals surface area contributed by atoms with Gasteiger partial charge in [-0.2, -0.15) is 5.26 Å². The number of nitrogens with one attached hydrogen (secondary N) is 1. The number of aromatic nitrogens is 2. The minimum atomic E-state index is -0.527. The van der Waals surface area contributed by atoms with Crippen molar-refractivity contribution in [1.29, 1.82) is 5.26 Å². The number of hydrogen-bond donors (Lipinski definition) is 2. The Morgan fingerprint density at radius 1 is 1.67 bits per heavy atom. The number of ether oxygens (including phenoxy) is 1. The molecule has 7 nitrogen and oxygen atoms in total. The number of anilines is 2. The van der Waals surface area contributed by atoms with Crippen molar-refractivity contribution in [2.24, 2.45) is 0 Å². The highest BCUT2D eigenvalue weighted by atomic mass is 32.1. The van der Waals surface area contributed by atoms with Crippen LogP contribution in [-0.2, 0) is 11.3 Å². The van der Waals surface area contributed by atoms with Crippen molar-refractivity contribution >= 4 is 28.0 Å². The summed E-state index contributed by atoms with van der Waals surface area (Å²) in [5, 5.41) is 12.9. The molecule has 110 valence electrons. The molecule has 0 aromatic carbocycles. The first-order chi connectivity index (χ1) is 10.2. The molecule has 0 unspecified atom stereocenters. The van der Waals surface area contributed by atoms with Gasteiger partial charge in [-0.25, -0.2) is 9.78 Å².